The maximum Gasteiger partial charge on any atom is 0.272 e. The fourth-order valence-electron chi connectivity index (χ4n) is 1.01. The van der Waals surface area contributed by atoms with Gasteiger partial charge in [0, 0.05) is 12.1 Å². The van der Waals surface area contributed by atoms with Gasteiger partial charge in [0.2, 0.25) is 5.91 Å². The molecule has 0 atom stereocenters. The number of nitrogens with one attached hydrogen (secondary N) is 1. The highest BCUT2D eigenvalue weighted by Gasteiger charge is 2.14. The van der Waals surface area contributed by atoms with Gasteiger partial charge in [-0.15, -0.1) is 0 Å². The Bertz CT molecular complexity index is 427. The molecule has 0 spiro atoms. The molecule has 3 N–H and O–H groups in total. The van der Waals surface area contributed by atoms with E-state index in [9.17, 15) is 14.9 Å². The number of hydrogen-bond acceptors (Lipinski definition) is 4. The summed E-state index contributed by atoms with van der Waals surface area (Å²) in [7, 11) is 0. The van der Waals surface area contributed by atoms with Gasteiger partial charge in [-0.1, -0.05) is 23.2 Å². The number of carbonyl (C=O) groups is 1. The predicted molar refractivity (Wildman–Crippen MR) is 60.8 cm³/mol. The van der Waals surface area contributed by atoms with Crippen LogP contribution in [0.2, 0.25) is 10.0 Å². The maximum atomic E-state index is 10.5. The van der Waals surface area contributed by atoms with Crippen molar-refractivity contribution in [2.45, 2.75) is 0 Å². The van der Waals surface area contributed by atoms with Crippen molar-refractivity contribution >= 4 is 40.5 Å². The van der Waals surface area contributed by atoms with Gasteiger partial charge in [0.25, 0.3) is 5.69 Å². The first-order valence-corrected chi connectivity index (χ1v) is 4.83. The molecule has 0 saturated carbocycles. The minimum absolute atomic E-state index is 0.0560. The molecule has 0 fully saturated rings. The van der Waals surface area contributed by atoms with E-state index in [1.54, 1.807) is 0 Å². The molecule has 1 amide bonds. The largest absolute Gasteiger partial charge is 0.374 e. The SMILES string of the molecule is NC(=O)CNc1c(Cl)cc([N+](=O)[O-])cc1Cl. The van der Waals surface area contributed by atoms with Gasteiger partial charge in [0.15, 0.2) is 0 Å². The van der Waals surface area contributed by atoms with Crippen molar-refractivity contribution in [3.05, 3.63) is 32.3 Å². The molecule has 0 aromatic heterocycles. The third kappa shape index (κ3) is 2.98. The number of nitrogens with two attached hydrogens (primary N) is 1. The van der Waals surface area contributed by atoms with Crippen LogP contribution in [0.1, 0.15) is 0 Å². The topological polar surface area (TPSA) is 98.3 Å². The highest BCUT2D eigenvalue weighted by molar-refractivity contribution is 6.39. The first-order valence-electron chi connectivity index (χ1n) is 4.07. The Balaban J connectivity index is 3.03. The second kappa shape index (κ2) is 5.00. The Kier molecular flexibility index (Phi) is 3.92. The summed E-state index contributed by atoms with van der Waals surface area (Å²) in [5, 5.41) is 13.2. The van der Waals surface area contributed by atoms with Gasteiger partial charge in [-0.2, -0.15) is 0 Å². The van der Waals surface area contributed by atoms with E-state index in [-0.39, 0.29) is 28.0 Å². The standard InChI is InChI=1S/C8H7Cl2N3O3/c9-5-1-4(13(15)16)2-6(10)8(5)12-3-7(11)14/h1-2,12H,3H2,(H2,11,14). The summed E-state index contributed by atoms with van der Waals surface area (Å²) in [6, 6.07) is 2.27. The molecule has 0 radical (unpaired) electrons. The zero-order chi connectivity index (χ0) is 12.3. The highest BCUT2D eigenvalue weighted by atomic mass is 35.5. The van der Waals surface area contributed by atoms with Crippen LogP contribution in [0, 0.1) is 10.1 Å². The van der Waals surface area contributed by atoms with E-state index >= 15 is 0 Å². The molecule has 1 rings (SSSR count). The highest BCUT2D eigenvalue weighted by Crippen LogP contribution is 2.34. The zero-order valence-electron chi connectivity index (χ0n) is 7.87. The lowest BCUT2D eigenvalue weighted by atomic mass is 10.2. The second-order valence-corrected chi connectivity index (χ2v) is 3.68. The Hall–Kier alpha value is -1.53. The first-order chi connectivity index (χ1) is 7.41. The van der Waals surface area contributed by atoms with Gasteiger partial charge in [0.1, 0.15) is 0 Å². The fourth-order valence-corrected chi connectivity index (χ4v) is 1.62. The molecule has 6 nitrogen and oxygen atoms in total. The summed E-state index contributed by atoms with van der Waals surface area (Å²) in [4.78, 5) is 20.4. The van der Waals surface area contributed by atoms with Crippen LogP contribution < -0.4 is 11.1 Å². The van der Waals surface area contributed by atoms with Gasteiger partial charge in [-0.25, -0.2) is 0 Å². The van der Waals surface area contributed by atoms with E-state index < -0.39 is 10.8 Å². The summed E-state index contributed by atoms with van der Waals surface area (Å²) in [5.74, 6) is -0.592. The van der Waals surface area contributed by atoms with E-state index in [1.807, 2.05) is 0 Å². The number of nitro benzene ring substituents is 1. The van der Waals surface area contributed by atoms with Gasteiger partial charge in [-0.3, -0.25) is 14.9 Å². The van der Waals surface area contributed by atoms with Crippen LogP contribution in [0.15, 0.2) is 12.1 Å². The van der Waals surface area contributed by atoms with E-state index in [1.165, 1.54) is 0 Å². The average molecular weight is 264 g/mol. The summed E-state index contributed by atoms with van der Waals surface area (Å²) in [5.41, 5.74) is 4.94. The Labute approximate surface area is 100 Å². The summed E-state index contributed by atoms with van der Waals surface area (Å²) >= 11 is 11.5. The van der Waals surface area contributed by atoms with Crippen molar-refractivity contribution in [2.24, 2.45) is 5.73 Å². The molecule has 8 heteroatoms. The number of hydrogen-bond donors (Lipinski definition) is 2. The van der Waals surface area contributed by atoms with Gasteiger partial charge in [0.05, 0.1) is 27.2 Å². The minimum atomic E-state index is -0.615. The number of carbonyl (C=O) groups excluding carboxylic acids is 1. The lowest BCUT2D eigenvalue weighted by Crippen LogP contribution is -2.22. The number of rotatable bonds is 4. The number of primary amides is 1. The molecule has 1 aromatic rings. The number of benzene rings is 1. The number of nitro groups is 1. The van der Waals surface area contributed by atoms with Crippen molar-refractivity contribution in [3.63, 3.8) is 0 Å². The van der Waals surface area contributed by atoms with Crippen molar-refractivity contribution in [2.75, 3.05) is 11.9 Å². The predicted octanol–water partition coefficient (Wildman–Crippen LogP) is 1.80. The van der Waals surface area contributed by atoms with Crippen molar-refractivity contribution < 1.29 is 9.72 Å². The van der Waals surface area contributed by atoms with E-state index in [0.717, 1.165) is 12.1 Å². The monoisotopic (exact) mass is 263 g/mol. The van der Waals surface area contributed by atoms with E-state index in [0.29, 0.717) is 0 Å². The maximum absolute atomic E-state index is 10.5. The van der Waals surface area contributed by atoms with E-state index in [2.05, 4.69) is 5.32 Å². The number of non-ortho nitro benzene ring substituents is 1. The molecule has 0 aliphatic heterocycles. The molecular weight excluding hydrogens is 257 g/mol. The lowest BCUT2D eigenvalue weighted by molar-refractivity contribution is -0.384. The van der Waals surface area contributed by atoms with Crippen LogP contribution in [0.4, 0.5) is 11.4 Å². The number of amides is 1. The smallest absolute Gasteiger partial charge is 0.272 e. The molecule has 86 valence electrons. The third-order valence-electron chi connectivity index (χ3n) is 1.68. The number of halogens is 2. The lowest BCUT2D eigenvalue weighted by Gasteiger charge is -2.08. The fraction of sp³-hybridized carbons (Fsp3) is 0.125. The van der Waals surface area contributed by atoms with Gasteiger partial charge >= 0.3 is 0 Å². The molecule has 0 bridgehead atoms. The number of anilines is 1. The van der Waals surface area contributed by atoms with Crippen LogP contribution in [0.25, 0.3) is 0 Å². The van der Waals surface area contributed by atoms with Crippen LogP contribution in [0.5, 0.6) is 0 Å². The molecule has 0 heterocycles. The molecule has 0 aliphatic rings. The molecule has 1 aromatic carbocycles. The Morgan fingerprint density at radius 3 is 2.31 bits per heavy atom. The summed E-state index contributed by atoms with van der Waals surface area (Å²) in [6.07, 6.45) is 0. The number of nitrogens with zero attached hydrogens (tertiary/aromatic N) is 1. The summed E-state index contributed by atoms with van der Waals surface area (Å²) in [6.45, 7) is -0.156. The van der Waals surface area contributed by atoms with Crippen LogP contribution in [-0.4, -0.2) is 17.4 Å². The first kappa shape index (κ1) is 12.5. The quantitative estimate of drug-likeness (QED) is 0.639. The van der Waals surface area contributed by atoms with Gasteiger partial charge in [-0.05, 0) is 0 Å². The second-order valence-electron chi connectivity index (χ2n) is 2.86. The van der Waals surface area contributed by atoms with Crippen molar-refractivity contribution in [1.82, 2.24) is 0 Å². The minimum Gasteiger partial charge on any atom is -0.374 e. The molecular formula is C8H7Cl2N3O3. The normalized spacial score (nSPS) is 9.88. The Morgan fingerprint density at radius 2 is 1.94 bits per heavy atom. The van der Waals surface area contributed by atoms with E-state index in [4.69, 9.17) is 28.9 Å². The van der Waals surface area contributed by atoms with Crippen molar-refractivity contribution in [3.8, 4) is 0 Å². The van der Waals surface area contributed by atoms with Crippen molar-refractivity contribution in [1.29, 1.82) is 0 Å². The molecule has 0 unspecified atom stereocenters. The van der Waals surface area contributed by atoms with Crippen LogP contribution in [0.3, 0.4) is 0 Å². The third-order valence-corrected chi connectivity index (χ3v) is 2.27. The van der Waals surface area contributed by atoms with Crippen LogP contribution >= 0.6 is 23.2 Å². The molecule has 0 aliphatic carbocycles. The molecule has 0 saturated heterocycles. The summed E-state index contributed by atoms with van der Waals surface area (Å²) < 4.78 is 0. The Morgan fingerprint density at radius 1 is 1.44 bits per heavy atom. The van der Waals surface area contributed by atoms with Crippen LogP contribution in [-0.2, 0) is 4.79 Å². The average Bonchev–Trinajstić information content (AvgIpc) is 2.15. The molecule has 16 heavy (non-hydrogen) atoms. The van der Waals surface area contributed by atoms with Gasteiger partial charge < -0.3 is 11.1 Å². The zero-order valence-corrected chi connectivity index (χ0v) is 9.38.